The molecule has 1 unspecified atom stereocenters. The van der Waals surface area contributed by atoms with Gasteiger partial charge in [-0.3, -0.25) is 19.0 Å². The highest BCUT2D eigenvalue weighted by Gasteiger charge is 2.31. The van der Waals surface area contributed by atoms with Crippen molar-refractivity contribution < 1.29 is 9.59 Å². The first-order valence-electron chi connectivity index (χ1n) is 8.73. The van der Waals surface area contributed by atoms with E-state index < -0.39 is 11.9 Å². The number of rotatable bonds is 5. The van der Waals surface area contributed by atoms with Gasteiger partial charge in [0, 0.05) is 23.9 Å². The molecule has 5 heteroatoms. The average molecular weight is 338 g/mol. The molecule has 2 aromatic rings. The maximum atomic E-state index is 13.0. The van der Waals surface area contributed by atoms with Crippen molar-refractivity contribution in [1.82, 2.24) is 9.88 Å². The van der Waals surface area contributed by atoms with Gasteiger partial charge in [-0.25, -0.2) is 0 Å². The van der Waals surface area contributed by atoms with Crippen molar-refractivity contribution in [3.8, 4) is 0 Å². The number of nitrogens with one attached hydrogen (secondary N) is 1. The molecule has 0 aliphatic heterocycles. The van der Waals surface area contributed by atoms with Crippen LogP contribution in [-0.4, -0.2) is 22.3 Å². The molecule has 1 heterocycles. The third-order valence-corrected chi connectivity index (χ3v) is 4.64. The molecule has 0 spiro atoms. The summed E-state index contributed by atoms with van der Waals surface area (Å²) < 4.78 is 1.22. The Balaban J connectivity index is 1.91. The number of aromatic nitrogens is 1. The van der Waals surface area contributed by atoms with Gasteiger partial charge in [0.2, 0.25) is 0 Å². The lowest BCUT2D eigenvalue weighted by atomic mass is 9.94. The summed E-state index contributed by atoms with van der Waals surface area (Å²) in [7, 11) is 0. The number of hydrogen-bond acceptors (Lipinski definition) is 3. The molecule has 0 bridgehead atoms. The Hall–Kier alpha value is -2.69. The highest BCUT2D eigenvalue weighted by Crippen LogP contribution is 2.19. The third-order valence-electron chi connectivity index (χ3n) is 4.64. The highest BCUT2D eigenvalue weighted by atomic mass is 16.2. The van der Waals surface area contributed by atoms with E-state index in [0.29, 0.717) is 5.56 Å². The van der Waals surface area contributed by atoms with Gasteiger partial charge >= 0.3 is 0 Å². The minimum atomic E-state index is -1.18. The number of carbonyl (C=O) groups is 2. The van der Waals surface area contributed by atoms with Crippen LogP contribution >= 0.6 is 0 Å². The minimum absolute atomic E-state index is 0.0757. The summed E-state index contributed by atoms with van der Waals surface area (Å²) in [6.07, 6.45) is 6.66. The number of carbonyl (C=O) groups excluding carboxylic acids is 2. The lowest BCUT2D eigenvalue weighted by Gasteiger charge is -2.26. The standard InChI is InChI=1S/C20H22N2O3/c23-17-13-7-8-14-22(17)18(19(24)15-9-3-1-4-10-15)20(25)21-16-11-5-2-6-12-16/h1,3-4,7-10,13-14,16,18H,2,5-6,11-12H2,(H,21,25). The molecular weight excluding hydrogens is 316 g/mol. The van der Waals surface area contributed by atoms with Crippen LogP contribution in [0.25, 0.3) is 0 Å². The molecule has 1 aliphatic rings. The van der Waals surface area contributed by atoms with E-state index in [1.165, 1.54) is 23.3 Å². The number of ketones is 1. The molecule has 1 atom stereocenters. The van der Waals surface area contributed by atoms with E-state index in [-0.39, 0.29) is 17.4 Å². The summed E-state index contributed by atoms with van der Waals surface area (Å²) in [5, 5.41) is 2.98. The van der Waals surface area contributed by atoms with Crippen LogP contribution in [-0.2, 0) is 4.79 Å². The predicted octanol–water partition coefficient (Wildman–Crippen LogP) is 2.72. The number of pyridine rings is 1. The largest absolute Gasteiger partial charge is 0.351 e. The van der Waals surface area contributed by atoms with E-state index in [2.05, 4.69) is 5.32 Å². The molecule has 0 radical (unpaired) electrons. The molecule has 1 aliphatic carbocycles. The van der Waals surface area contributed by atoms with E-state index in [0.717, 1.165) is 25.7 Å². The number of amides is 1. The van der Waals surface area contributed by atoms with E-state index in [1.807, 2.05) is 6.07 Å². The number of nitrogens with zero attached hydrogens (tertiary/aromatic N) is 1. The monoisotopic (exact) mass is 338 g/mol. The number of hydrogen-bond donors (Lipinski definition) is 1. The lowest BCUT2D eigenvalue weighted by molar-refractivity contribution is -0.124. The van der Waals surface area contributed by atoms with Crippen LogP contribution in [0.15, 0.2) is 59.5 Å². The van der Waals surface area contributed by atoms with Crippen molar-refractivity contribution >= 4 is 11.7 Å². The zero-order chi connectivity index (χ0) is 17.6. The Morgan fingerprint density at radius 2 is 1.64 bits per heavy atom. The van der Waals surface area contributed by atoms with Gasteiger partial charge in [-0.1, -0.05) is 55.7 Å². The molecule has 25 heavy (non-hydrogen) atoms. The SMILES string of the molecule is O=C(NC1CCCCC1)C(C(=O)c1ccccc1)n1ccccc1=O. The minimum Gasteiger partial charge on any atom is -0.351 e. The Morgan fingerprint density at radius 3 is 2.32 bits per heavy atom. The van der Waals surface area contributed by atoms with Crippen LogP contribution in [0.1, 0.15) is 48.5 Å². The number of benzene rings is 1. The van der Waals surface area contributed by atoms with Gasteiger partial charge in [0.05, 0.1) is 0 Å². The van der Waals surface area contributed by atoms with Crippen LogP contribution < -0.4 is 10.9 Å². The summed E-state index contributed by atoms with van der Waals surface area (Å²) in [6, 6.07) is 12.1. The Morgan fingerprint density at radius 1 is 0.960 bits per heavy atom. The molecule has 3 rings (SSSR count). The van der Waals surface area contributed by atoms with Crippen LogP contribution in [0.3, 0.4) is 0 Å². The second-order valence-corrected chi connectivity index (χ2v) is 6.42. The summed E-state index contributed by atoms with van der Waals surface area (Å²) in [5.41, 5.74) is 0.0534. The fraction of sp³-hybridized carbons (Fsp3) is 0.350. The van der Waals surface area contributed by atoms with E-state index in [1.54, 1.807) is 36.4 Å². The molecule has 1 aromatic heterocycles. The molecule has 1 saturated carbocycles. The van der Waals surface area contributed by atoms with Crippen molar-refractivity contribution in [1.29, 1.82) is 0 Å². The van der Waals surface area contributed by atoms with Crippen molar-refractivity contribution in [2.75, 3.05) is 0 Å². The number of Topliss-reactive ketones (excluding diaryl/α,β-unsaturated/α-hetero) is 1. The van der Waals surface area contributed by atoms with Crippen molar-refractivity contribution in [2.24, 2.45) is 0 Å². The first-order valence-corrected chi connectivity index (χ1v) is 8.73. The molecule has 1 amide bonds. The predicted molar refractivity (Wildman–Crippen MR) is 95.5 cm³/mol. The molecule has 130 valence electrons. The smallest absolute Gasteiger partial charge is 0.251 e. The Bertz CT molecular complexity index is 792. The van der Waals surface area contributed by atoms with Crippen LogP contribution in [0.5, 0.6) is 0 Å². The lowest BCUT2D eigenvalue weighted by Crippen LogP contribution is -2.45. The van der Waals surface area contributed by atoms with E-state index in [9.17, 15) is 14.4 Å². The van der Waals surface area contributed by atoms with Gasteiger partial charge in [-0.2, -0.15) is 0 Å². The molecule has 0 saturated heterocycles. The molecule has 5 nitrogen and oxygen atoms in total. The first kappa shape index (κ1) is 17.1. The third kappa shape index (κ3) is 4.05. The van der Waals surface area contributed by atoms with Gasteiger partial charge < -0.3 is 5.32 Å². The summed E-state index contributed by atoms with van der Waals surface area (Å²) >= 11 is 0. The average Bonchev–Trinajstić information content (AvgIpc) is 2.65. The van der Waals surface area contributed by atoms with Crippen molar-refractivity contribution in [3.63, 3.8) is 0 Å². The fourth-order valence-electron chi connectivity index (χ4n) is 3.31. The maximum Gasteiger partial charge on any atom is 0.251 e. The van der Waals surface area contributed by atoms with Crippen molar-refractivity contribution in [2.45, 2.75) is 44.2 Å². The summed E-state index contributed by atoms with van der Waals surface area (Å²) in [6.45, 7) is 0. The van der Waals surface area contributed by atoms with Crippen LogP contribution in [0.2, 0.25) is 0 Å². The van der Waals surface area contributed by atoms with Gasteiger partial charge in [0.25, 0.3) is 11.5 Å². The Labute approximate surface area is 146 Å². The molecule has 1 N–H and O–H groups in total. The molecule has 1 fully saturated rings. The van der Waals surface area contributed by atoms with Crippen LogP contribution in [0, 0.1) is 0 Å². The van der Waals surface area contributed by atoms with Gasteiger partial charge in [0.15, 0.2) is 11.8 Å². The quantitative estimate of drug-likeness (QED) is 0.673. The second kappa shape index (κ2) is 7.92. The van der Waals surface area contributed by atoms with E-state index >= 15 is 0 Å². The molecular formula is C20H22N2O3. The zero-order valence-electron chi connectivity index (χ0n) is 14.1. The van der Waals surface area contributed by atoms with Crippen LogP contribution in [0.4, 0.5) is 0 Å². The molecule has 1 aromatic carbocycles. The van der Waals surface area contributed by atoms with Crippen molar-refractivity contribution in [3.05, 3.63) is 70.6 Å². The van der Waals surface area contributed by atoms with Gasteiger partial charge in [0.1, 0.15) is 0 Å². The first-order chi connectivity index (χ1) is 12.2. The second-order valence-electron chi connectivity index (χ2n) is 6.42. The topological polar surface area (TPSA) is 68.2 Å². The van der Waals surface area contributed by atoms with Gasteiger partial charge in [-0.05, 0) is 18.9 Å². The summed E-state index contributed by atoms with van der Waals surface area (Å²) in [5.74, 6) is -0.781. The zero-order valence-corrected chi connectivity index (χ0v) is 14.1. The Kier molecular flexibility index (Phi) is 5.43. The van der Waals surface area contributed by atoms with E-state index in [4.69, 9.17) is 0 Å². The highest BCUT2D eigenvalue weighted by molar-refractivity contribution is 6.11. The maximum absolute atomic E-state index is 13.0. The normalized spacial score (nSPS) is 16.2. The van der Waals surface area contributed by atoms with Gasteiger partial charge in [-0.15, -0.1) is 0 Å². The fourth-order valence-corrected chi connectivity index (χ4v) is 3.31. The summed E-state index contributed by atoms with van der Waals surface area (Å²) in [4.78, 5) is 38.1.